The maximum Gasteiger partial charge on any atom is 0.118 e. The highest BCUT2D eigenvalue weighted by Gasteiger charge is 2.16. The first-order valence-corrected chi connectivity index (χ1v) is 8.15. The van der Waals surface area contributed by atoms with Crippen LogP contribution in [-0.4, -0.2) is 13.7 Å². The Morgan fingerprint density at radius 2 is 1.90 bits per heavy atom. The number of halogens is 2. The maximum absolute atomic E-state index is 6.42. The molecule has 112 valence electrons. The topological polar surface area (TPSA) is 21.3 Å². The summed E-state index contributed by atoms with van der Waals surface area (Å²) in [4.78, 5) is 0. The van der Waals surface area contributed by atoms with Crippen LogP contribution < -0.4 is 10.1 Å². The summed E-state index contributed by atoms with van der Waals surface area (Å²) in [5, 5.41) is 4.32. The quantitative estimate of drug-likeness (QED) is 0.756. The van der Waals surface area contributed by atoms with Gasteiger partial charge in [0.2, 0.25) is 0 Å². The number of hydrogen-bond acceptors (Lipinski definition) is 2. The van der Waals surface area contributed by atoms with E-state index in [4.69, 9.17) is 16.3 Å². The number of ether oxygens (including phenoxy) is 1. The standard InChI is InChI=1S/C17H19BrClNO/c1-3-10-20-17(12-4-7-14(21-2)8-5-12)15-9-6-13(18)11-16(15)19/h4-9,11,17,20H,3,10H2,1-2H3. The van der Waals surface area contributed by atoms with Crippen molar-refractivity contribution < 1.29 is 4.74 Å². The van der Waals surface area contributed by atoms with Gasteiger partial charge >= 0.3 is 0 Å². The molecule has 4 heteroatoms. The molecule has 0 spiro atoms. The molecule has 0 bridgehead atoms. The van der Waals surface area contributed by atoms with Gasteiger partial charge in [0.15, 0.2) is 0 Å². The van der Waals surface area contributed by atoms with Gasteiger partial charge in [0, 0.05) is 9.50 Å². The van der Waals surface area contributed by atoms with Crippen molar-refractivity contribution in [2.24, 2.45) is 0 Å². The Labute approximate surface area is 139 Å². The minimum absolute atomic E-state index is 0.0801. The van der Waals surface area contributed by atoms with Crippen molar-refractivity contribution in [3.05, 3.63) is 63.1 Å². The highest BCUT2D eigenvalue weighted by atomic mass is 79.9. The first kappa shape index (κ1) is 16.3. The number of benzene rings is 2. The lowest BCUT2D eigenvalue weighted by molar-refractivity contribution is 0.414. The average Bonchev–Trinajstić information content (AvgIpc) is 2.50. The van der Waals surface area contributed by atoms with Crippen molar-refractivity contribution in [1.29, 1.82) is 0 Å². The molecule has 0 radical (unpaired) electrons. The number of rotatable bonds is 6. The summed E-state index contributed by atoms with van der Waals surface area (Å²) in [6.45, 7) is 3.09. The van der Waals surface area contributed by atoms with Crippen LogP contribution >= 0.6 is 27.5 Å². The van der Waals surface area contributed by atoms with Crippen molar-refractivity contribution in [3.8, 4) is 5.75 Å². The molecule has 2 rings (SSSR count). The normalized spacial score (nSPS) is 12.2. The van der Waals surface area contributed by atoms with Crippen molar-refractivity contribution >= 4 is 27.5 Å². The molecule has 0 aliphatic heterocycles. The van der Waals surface area contributed by atoms with E-state index in [1.165, 1.54) is 5.56 Å². The maximum atomic E-state index is 6.42. The third-order valence-electron chi connectivity index (χ3n) is 3.32. The molecule has 1 atom stereocenters. The zero-order valence-electron chi connectivity index (χ0n) is 12.2. The van der Waals surface area contributed by atoms with E-state index in [9.17, 15) is 0 Å². The van der Waals surface area contributed by atoms with Crippen LogP contribution in [0.2, 0.25) is 5.02 Å². The fourth-order valence-electron chi connectivity index (χ4n) is 2.23. The van der Waals surface area contributed by atoms with E-state index in [2.05, 4.69) is 46.4 Å². The molecule has 2 nitrogen and oxygen atoms in total. The number of nitrogens with one attached hydrogen (secondary N) is 1. The van der Waals surface area contributed by atoms with Crippen molar-refractivity contribution in [2.75, 3.05) is 13.7 Å². The Bertz CT molecular complexity index is 586. The lowest BCUT2D eigenvalue weighted by Gasteiger charge is -2.21. The predicted octanol–water partition coefficient (Wildman–Crippen LogP) is 5.20. The second-order valence-corrected chi connectivity index (χ2v) is 6.15. The molecule has 2 aromatic rings. The molecule has 0 aliphatic rings. The van der Waals surface area contributed by atoms with Crippen LogP contribution in [0.15, 0.2) is 46.9 Å². The third kappa shape index (κ3) is 4.22. The second kappa shape index (κ2) is 7.83. The van der Waals surface area contributed by atoms with Crippen LogP contribution in [0.3, 0.4) is 0 Å². The Hall–Kier alpha value is -1.03. The highest BCUT2D eigenvalue weighted by molar-refractivity contribution is 9.10. The van der Waals surface area contributed by atoms with E-state index in [1.807, 2.05) is 24.3 Å². The molecule has 2 aromatic carbocycles. The van der Waals surface area contributed by atoms with Crippen LogP contribution in [0.4, 0.5) is 0 Å². The Morgan fingerprint density at radius 3 is 2.48 bits per heavy atom. The van der Waals surface area contributed by atoms with E-state index >= 15 is 0 Å². The summed E-state index contributed by atoms with van der Waals surface area (Å²) in [6, 6.07) is 14.2. The number of methoxy groups -OCH3 is 1. The zero-order valence-corrected chi connectivity index (χ0v) is 14.5. The molecule has 0 aliphatic carbocycles. The smallest absolute Gasteiger partial charge is 0.118 e. The monoisotopic (exact) mass is 367 g/mol. The lowest BCUT2D eigenvalue weighted by Crippen LogP contribution is -2.23. The van der Waals surface area contributed by atoms with Gasteiger partial charge in [-0.15, -0.1) is 0 Å². The van der Waals surface area contributed by atoms with Crippen LogP contribution in [0, 0.1) is 0 Å². The fourth-order valence-corrected chi connectivity index (χ4v) is 3.01. The average molecular weight is 369 g/mol. The minimum Gasteiger partial charge on any atom is -0.497 e. The van der Waals surface area contributed by atoms with Crippen molar-refractivity contribution in [1.82, 2.24) is 5.32 Å². The lowest BCUT2D eigenvalue weighted by atomic mass is 9.98. The second-order valence-electron chi connectivity index (χ2n) is 4.83. The zero-order chi connectivity index (χ0) is 15.2. The minimum atomic E-state index is 0.0801. The molecule has 1 N–H and O–H groups in total. The summed E-state index contributed by atoms with van der Waals surface area (Å²) >= 11 is 9.87. The van der Waals surface area contributed by atoms with Crippen molar-refractivity contribution in [2.45, 2.75) is 19.4 Å². The largest absolute Gasteiger partial charge is 0.497 e. The van der Waals surface area contributed by atoms with E-state index in [0.717, 1.165) is 33.8 Å². The third-order valence-corrected chi connectivity index (χ3v) is 4.14. The molecule has 21 heavy (non-hydrogen) atoms. The van der Waals surface area contributed by atoms with Gasteiger partial charge in [-0.05, 0) is 48.4 Å². The van der Waals surface area contributed by atoms with Crippen LogP contribution in [-0.2, 0) is 0 Å². The van der Waals surface area contributed by atoms with Gasteiger partial charge in [-0.3, -0.25) is 0 Å². The molecule has 0 saturated carbocycles. The first-order valence-electron chi connectivity index (χ1n) is 6.98. The number of hydrogen-bond donors (Lipinski definition) is 1. The van der Waals surface area contributed by atoms with Gasteiger partial charge in [-0.1, -0.05) is 52.7 Å². The Kier molecular flexibility index (Phi) is 6.09. The molecule has 0 aromatic heterocycles. The summed E-state index contributed by atoms with van der Waals surface area (Å²) in [6.07, 6.45) is 1.07. The van der Waals surface area contributed by atoms with Gasteiger partial charge < -0.3 is 10.1 Å². The molecule has 0 amide bonds. The molecule has 0 fully saturated rings. The molecular formula is C17H19BrClNO. The van der Waals surface area contributed by atoms with E-state index in [-0.39, 0.29) is 6.04 Å². The van der Waals surface area contributed by atoms with Gasteiger partial charge in [0.05, 0.1) is 13.2 Å². The molecule has 0 saturated heterocycles. The molecule has 1 unspecified atom stereocenters. The first-order chi connectivity index (χ1) is 10.2. The van der Waals surface area contributed by atoms with Gasteiger partial charge in [0.25, 0.3) is 0 Å². The Balaban J connectivity index is 2.36. The molecular weight excluding hydrogens is 350 g/mol. The van der Waals surface area contributed by atoms with Gasteiger partial charge in [-0.2, -0.15) is 0 Å². The fraction of sp³-hybridized carbons (Fsp3) is 0.294. The predicted molar refractivity (Wildman–Crippen MR) is 92.3 cm³/mol. The summed E-state index contributed by atoms with van der Waals surface area (Å²) in [5.74, 6) is 0.856. The van der Waals surface area contributed by atoms with Crippen molar-refractivity contribution in [3.63, 3.8) is 0 Å². The van der Waals surface area contributed by atoms with E-state index < -0.39 is 0 Å². The Morgan fingerprint density at radius 1 is 1.19 bits per heavy atom. The van der Waals surface area contributed by atoms with Gasteiger partial charge in [0.1, 0.15) is 5.75 Å². The molecule has 0 heterocycles. The SMILES string of the molecule is CCCNC(c1ccc(OC)cc1)c1ccc(Br)cc1Cl. The summed E-state index contributed by atoms with van der Waals surface area (Å²) < 4.78 is 6.21. The van der Waals surface area contributed by atoms with Crippen LogP contribution in [0.25, 0.3) is 0 Å². The van der Waals surface area contributed by atoms with Gasteiger partial charge in [-0.25, -0.2) is 0 Å². The summed E-state index contributed by atoms with van der Waals surface area (Å²) in [7, 11) is 1.67. The van der Waals surface area contributed by atoms with Crippen LogP contribution in [0.1, 0.15) is 30.5 Å². The van der Waals surface area contributed by atoms with Crippen LogP contribution in [0.5, 0.6) is 5.75 Å². The highest BCUT2D eigenvalue weighted by Crippen LogP contribution is 2.31. The van der Waals surface area contributed by atoms with E-state index in [0.29, 0.717) is 0 Å². The van der Waals surface area contributed by atoms with E-state index in [1.54, 1.807) is 7.11 Å². The summed E-state index contributed by atoms with van der Waals surface area (Å²) in [5.41, 5.74) is 2.26.